The van der Waals surface area contributed by atoms with E-state index in [-0.39, 0.29) is 11.5 Å². The van der Waals surface area contributed by atoms with Crippen molar-refractivity contribution in [1.29, 1.82) is 0 Å². The van der Waals surface area contributed by atoms with Crippen LogP contribution in [0.2, 0.25) is 0 Å². The second-order valence-corrected chi connectivity index (χ2v) is 4.61. The number of rotatable bonds is 4. The van der Waals surface area contributed by atoms with E-state index in [1.54, 1.807) is 23.6 Å². The van der Waals surface area contributed by atoms with Crippen molar-refractivity contribution in [1.82, 2.24) is 0 Å². The third-order valence-corrected chi connectivity index (χ3v) is 3.13. The molecule has 0 amide bonds. The Morgan fingerprint density at radius 1 is 1.50 bits per heavy atom. The average Bonchev–Trinajstić information content (AvgIpc) is 2.83. The van der Waals surface area contributed by atoms with Crippen LogP contribution in [0.3, 0.4) is 0 Å². The fourth-order valence-electron chi connectivity index (χ4n) is 1.15. The summed E-state index contributed by atoms with van der Waals surface area (Å²) < 4.78 is 11.2. The van der Waals surface area contributed by atoms with Crippen LogP contribution in [0.15, 0.2) is 32.7 Å². The third-order valence-electron chi connectivity index (χ3n) is 1.82. The summed E-state index contributed by atoms with van der Waals surface area (Å²) in [6.45, 7) is 0.211. The van der Waals surface area contributed by atoms with Crippen LogP contribution in [0.5, 0.6) is 5.75 Å². The Kier molecular flexibility index (Phi) is 3.31. The number of carboxylic acid groups (broad SMARTS) is 1. The van der Waals surface area contributed by atoms with Crippen LogP contribution in [0, 0.1) is 0 Å². The average molecular weight is 303 g/mol. The van der Waals surface area contributed by atoms with E-state index in [1.165, 1.54) is 0 Å². The first-order valence-electron chi connectivity index (χ1n) is 4.34. The van der Waals surface area contributed by atoms with Crippen molar-refractivity contribution in [3.63, 3.8) is 0 Å². The van der Waals surface area contributed by atoms with Gasteiger partial charge < -0.3 is 14.3 Å². The molecule has 4 nitrogen and oxygen atoms in total. The van der Waals surface area contributed by atoms with Crippen LogP contribution >= 0.6 is 27.3 Å². The van der Waals surface area contributed by atoms with Crippen LogP contribution in [-0.4, -0.2) is 11.1 Å². The Labute approximate surface area is 104 Å². The standard InChI is InChI=1S/C10H7BrO4S/c11-8-2-1-6(15-8)5-14-7-3-4-16-9(7)10(12)13/h1-4H,5H2,(H,12,13). The lowest BCUT2D eigenvalue weighted by Gasteiger charge is -2.02. The first kappa shape index (κ1) is 11.2. The second kappa shape index (κ2) is 4.71. The topological polar surface area (TPSA) is 59.7 Å². The van der Waals surface area contributed by atoms with Gasteiger partial charge in [0.2, 0.25) is 0 Å². The molecule has 0 atom stereocenters. The molecule has 0 aliphatic rings. The minimum Gasteiger partial charge on any atom is -0.484 e. The van der Waals surface area contributed by atoms with E-state index >= 15 is 0 Å². The highest BCUT2D eigenvalue weighted by Crippen LogP contribution is 2.26. The molecular formula is C10H7BrO4S. The third kappa shape index (κ3) is 2.45. The summed E-state index contributed by atoms with van der Waals surface area (Å²) in [7, 11) is 0. The molecule has 1 N–H and O–H groups in total. The van der Waals surface area contributed by atoms with Crippen LogP contribution in [0.4, 0.5) is 0 Å². The van der Waals surface area contributed by atoms with Gasteiger partial charge >= 0.3 is 5.97 Å². The van der Waals surface area contributed by atoms with Crippen LogP contribution < -0.4 is 4.74 Å². The van der Waals surface area contributed by atoms with Gasteiger partial charge in [-0.25, -0.2) is 4.79 Å². The number of aromatic carboxylic acids is 1. The Hall–Kier alpha value is -1.27. The molecule has 0 fully saturated rings. The predicted octanol–water partition coefficient (Wildman–Crippen LogP) is 3.38. The number of halogens is 1. The van der Waals surface area contributed by atoms with Gasteiger partial charge in [-0.15, -0.1) is 11.3 Å². The number of hydrogen-bond acceptors (Lipinski definition) is 4. The lowest BCUT2D eigenvalue weighted by atomic mass is 10.4. The molecule has 6 heteroatoms. The molecule has 0 saturated carbocycles. The maximum atomic E-state index is 10.8. The Bertz CT molecular complexity index is 502. The highest BCUT2D eigenvalue weighted by Gasteiger charge is 2.13. The molecule has 0 spiro atoms. The zero-order valence-corrected chi connectivity index (χ0v) is 10.4. The maximum absolute atomic E-state index is 10.8. The van der Waals surface area contributed by atoms with Crippen molar-refractivity contribution in [2.45, 2.75) is 6.61 Å². The number of furan rings is 1. The minimum atomic E-state index is -0.981. The number of carboxylic acids is 1. The zero-order valence-electron chi connectivity index (χ0n) is 7.97. The van der Waals surface area contributed by atoms with Gasteiger partial charge in [0.25, 0.3) is 0 Å². The summed E-state index contributed by atoms with van der Waals surface area (Å²) in [6.07, 6.45) is 0. The fraction of sp³-hybridized carbons (Fsp3) is 0.100. The van der Waals surface area contributed by atoms with Crippen molar-refractivity contribution in [2.24, 2.45) is 0 Å². The molecule has 2 rings (SSSR count). The molecule has 16 heavy (non-hydrogen) atoms. The maximum Gasteiger partial charge on any atom is 0.349 e. The van der Waals surface area contributed by atoms with E-state index in [4.69, 9.17) is 14.3 Å². The van der Waals surface area contributed by atoms with E-state index in [9.17, 15) is 4.79 Å². The quantitative estimate of drug-likeness (QED) is 0.940. The summed E-state index contributed by atoms with van der Waals surface area (Å²) in [5, 5.41) is 10.5. The summed E-state index contributed by atoms with van der Waals surface area (Å²) in [5.41, 5.74) is 0. The second-order valence-electron chi connectivity index (χ2n) is 2.91. The predicted molar refractivity (Wildman–Crippen MR) is 62.0 cm³/mol. The smallest absolute Gasteiger partial charge is 0.349 e. The van der Waals surface area contributed by atoms with Crippen LogP contribution in [0.25, 0.3) is 0 Å². The van der Waals surface area contributed by atoms with Crippen LogP contribution in [-0.2, 0) is 6.61 Å². The van der Waals surface area contributed by atoms with Crippen molar-refractivity contribution in [3.05, 3.63) is 38.9 Å². The zero-order chi connectivity index (χ0) is 11.5. The largest absolute Gasteiger partial charge is 0.484 e. The van der Waals surface area contributed by atoms with E-state index < -0.39 is 5.97 Å². The molecular weight excluding hydrogens is 296 g/mol. The molecule has 84 valence electrons. The van der Waals surface area contributed by atoms with Gasteiger partial charge in [-0.1, -0.05) is 0 Å². The van der Waals surface area contributed by atoms with E-state index in [1.807, 2.05) is 0 Å². The number of carbonyl (C=O) groups is 1. The monoisotopic (exact) mass is 302 g/mol. The summed E-state index contributed by atoms with van der Waals surface area (Å²) in [6, 6.07) is 5.15. The van der Waals surface area contributed by atoms with Gasteiger partial charge in [0.15, 0.2) is 9.55 Å². The molecule has 0 radical (unpaired) electrons. The molecule has 2 aromatic rings. The van der Waals surface area contributed by atoms with Crippen molar-refractivity contribution >= 4 is 33.2 Å². The van der Waals surface area contributed by atoms with Crippen molar-refractivity contribution in [2.75, 3.05) is 0 Å². The van der Waals surface area contributed by atoms with Crippen molar-refractivity contribution < 1.29 is 19.1 Å². The fourth-order valence-corrected chi connectivity index (χ4v) is 2.16. The van der Waals surface area contributed by atoms with E-state index in [2.05, 4.69) is 15.9 Å². The van der Waals surface area contributed by atoms with Gasteiger partial charge in [-0.2, -0.15) is 0 Å². The molecule has 0 unspecified atom stereocenters. The van der Waals surface area contributed by atoms with Gasteiger partial charge in [-0.05, 0) is 39.5 Å². The Morgan fingerprint density at radius 2 is 2.31 bits per heavy atom. The highest BCUT2D eigenvalue weighted by atomic mass is 79.9. The Balaban J connectivity index is 2.04. The molecule has 2 heterocycles. The molecule has 0 aliphatic heterocycles. The van der Waals surface area contributed by atoms with Gasteiger partial charge in [0.1, 0.15) is 18.1 Å². The van der Waals surface area contributed by atoms with E-state index in [0.29, 0.717) is 16.2 Å². The van der Waals surface area contributed by atoms with Gasteiger partial charge in [0, 0.05) is 0 Å². The number of hydrogen-bond donors (Lipinski definition) is 1. The minimum absolute atomic E-state index is 0.200. The van der Waals surface area contributed by atoms with Gasteiger partial charge in [0.05, 0.1) is 0 Å². The first-order chi connectivity index (χ1) is 7.66. The molecule has 0 bridgehead atoms. The molecule has 2 aromatic heterocycles. The van der Waals surface area contributed by atoms with E-state index in [0.717, 1.165) is 11.3 Å². The summed E-state index contributed by atoms with van der Waals surface area (Å²) in [4.78, 5) is 11.0. The van der Waals surface area contributed by atoms with Gasteiger partial charge in [-0.3, -0.25) is 0 Å². The highest BCUT2D eigenvalue weighted by molar-refractivity contribution is 9.10. The SMILES string of the molecule is O=C(O)c1sccc1OCc1ccc(Br)o1. The molecule has 0 saturated heterocycles. The van der Waals surface area contributed by atoms with Crippen molar-refractivity contribution in [3.8, 4) is 5.75 Å². The Morgan fingerprint density at radius 3 is 2.94 bits per heavy atom. The molecule has 0 aliphatic carbocycles. The summed E-state index contributed by atoms with van der Waals surface area (Å²) in [5.74, 6) is 0.0186. The summed E-state index contributed by atoms with van der Waals surface area (Å²) >= 11 is 4.31. The normalized spacial score (nSPS) is 10.3. The number of thiophene rings is 1. The van der Waals surface area contributed by atoms with Crippen LogP contribution in [0.1, 0.15) is 15.4 Å². The lowest BCUT2D eigenvalue weighted by Crippen LogP contribution is -1.99. The molecule has 0 aromatic carbocycles. The first-order valence-corrected chi connectivity index (χ1v) is 6.02. The number of ether oxygens (including phenoxy) is 1. The lowest BCUT2D eigenvalue weighted by molar-refractivity contribution is 0.0697.